The maximum atomic E-state index is 12.5. The number of rotatable bonds is 3. The van der Waals surface area contributed by atoms with Crippen molar-refractivity contribution >= 4 is 31.6 Å². The minimum atomic E-state index is -3.52. The number of hydrogen-bond donors (Lipinski definition) is 0. The molecule has 0 radical (unpaired) electrons. The van der Waals surface area contributed by atoms with Crippen LogP contribution in [0.2, 0.25) is 0 Å². The second kappa shape index (κ2) is 5.85. The summed E-state index contributed by atoms with van der Waals surface area (Å²) in [5.41, 5.74) is 0.425. The fourth-order valence-electron chi connectivity index (χ4n) is 2.42. The average molecular weight is 381 g/mol. The first-order valence-electron chi connectivity index (χ1n) is 6.72. The van der Waals surface area contributed by atoms with Crippen LogP contribution in [0.5, 0.6) is 5.75 Å². The first-order valence-corrected chi connectivity index (χ1v) is 9.16. The van der Waals surface area contributed by atoms with Crippen LogP contribution < -0.4 is 4.74 Å². The molecule has 0 aliphatic carbocycles. The van der Waals surface area contributed by atoms with Gasteiger partial charge in [-0.25, -0.2) is 8.42 Å². The van der Waals surface area contributed by atoms with Crippen LogP contribution in [0.3, 0.4) is 0 Å². The molecule has 0 unspecified atom stereocenters. The summed E-state index contributed by atoms with van der Waals surface area (Å²) in [5, 5.41) is 0. The van der Waals surface area contributed by atoms with Gasteiger partial charge in [0.25, 0.3) is 0 Å². The molecule has 2 aromatic carbocycles. The van der Waals surface area contributed by atoms with E-state index in [2.05, 4.69) is 15.9 Å². The van der Waals surface area contributed by atoms with Crippen molar-refractivity contribution in [3.05, 3.63) is 58.6 Å². The second-order valence-corrected chi connectivity index (χ2v) is 8.06. The maximum absolute atomic E-state index is 12.5. The largest absolute Gasteiger partial charge is 0.492 e. The molecule has 3 rings (SSSR count). The highest BCUT2D eigenvalue weighted by Crippen LogP contribution is 2.31. The Hall–Kier alpha value is -1.66. The summed E-state index contributed by atoms with van der Waals surface area (Å²) in [6, 6.07) is 13.3. The molecule has 0 saturated carbocycles. The summed E-state index contributed by atoms with van der Waals surface area (Å²) in [7, 11) is -3.52. The molecule has 114 valence electrons. The number of ether oxygens (including phenoxy) is 1. The Bertz CT molecular complexity index is 815. The zero-order valence-electron chi connectivity index (χ0n) is 11.5. The predicted octanol–water partition coefficient (Wildman–Crippen LogP) is 3.11. The smallest absolute Gasteiger partial charge is 0.179 e. The van der Waals surface area contributed by atoms with Crippen LogP contribution in [0.25, 0.3) is 0 Å². The Morgan fingerprint density at radius 1 is 1.14 bits per heavy atom. The average Bonchev–Trinajstić information content (AvgIpc) is 2.51. The lowest BCUT2D eigenvalue weighted by Gasteiger charge is -2.24. The molecule has 0 aromatic heterocycles. The van der Waals surface area contributed by atoms with Crippen LogP contribution in [-0.2, 0) is 9.84 Å². The van der Waals surface area contributed by atoms with Gasteiger partial charge < -0.3 is 4.74 Å². The van der Waals surface area contributed by atoms with Crippen molar-refractivity contribution in [2.24, 2.45) is 5.92 Å². The summed E-state index contributed by atoms with van der Waals surface area (Å²) in [6.07, 6.45) is 0. The zero-order valence-corrected chi connectivity index (χ0v) is 13.9. The van der Waals surface area contributed by atoms with Crippen molar-refractivity contribution in [3.63, 3.8) is 0 Å². The van der Waals surface area contributed by atoms with Gasteiger partial charge in [0, 0.05) is 4.47 Å². The normalized spacial score (nSPS) is 17.7. The van der Waals surface area contributed by atoms with Crippen LogP contribution in [0.15, 0.2) is 57.9 Å². The quantitative estimate of drug-likeness (QED) is 0.820. The van der Waals surface area contributed by atoms with Gasteiger partial charge in [0.15, 0.2) is 15.6 Å². The molecule has 0 spiro atoms. The summed E-state index contributed by atoms with van der Waals surface area (Å²) >= 11 is 3.31. The molecule has 22 heavy (non-hydrogen) atoms. The minimum Gasteiger partial charge on any atom is -0.492 e. The lowest BCUT2D eigenvalue weighted by atomic mass is 9.97. The second-order valence-electron chi connectivity index (χ2n) is 5.11. The first-order chi connectivity index (χ1) is 10.5. The Labute approximate surface area is 137 Å². The van der Waals surface area contributed by atoms with Crippen molar-refractivity contribution in [2.45, 2.75) is 4.90 Å². The van der Waals surface area contributed by atoms with E-state index in [1.165, 1.54) is 12.1 Å². The van der Waals surface area contributed by atoms with Gasteiger partial charge in [-0.1, -0.05) is 34.1 Å². The Morgan fingerprint density at radius 2 is 1.86 bits per heavy atom. The van der Waals surface area contributed by atoms with Gasteiger partial charge in [-0.15, -0.1) is 0 Å². The fourth-order valence-corrected chi connectivity index (χ4v) is 4.32. The number of carbonyl (C=O) groups is 1. The number of halogens is 1. The number of Topliss-reactive ketones (excluding diaryl/α,β-unsaturated/α-hetero) is 1. The van der Waals surface area contributed by atoms with Gasteiger partial charge in [0.1, 0.15) is 5.75 Å². The molecule has 0 fully saturated rings. The van der Waals surface area contributed by atoms with E-state index in [4.69, 9.17) is 4.74 Å². The first kappa shape index (κ1) is 15.2. The Kier molecular flexibility index (Phi) is 4.06. The summed E-state index contributed by atoms with van der Waals surface area (Å²) in [5.74, 6) is -0.627. The molecule has 2 aromatic rings. The molecule has 1 heterocycles. The van der Waals surface area contributed by atoms with Crippen LogP contribution in [0.1, 0.15) is 10.4 Å². The molecule has 0 N–H and O–H groups in total. The molecule has 0 saturated heterocycles. The zero-order chi connectivity index (χ0) is 15.7. The van der Waals surface area contributed by atoms with Gasteiger partial charge in [0.2, 0.25) is 0 Å². The van der Waals surface area contributed by atoms with Crippen molar-refractivity contribution in [1.29, 1.82) is 0 Å². The maximum Gasteiger partial charge on any atom is 0.179 e. The van der Waals surface area contributed by atoms with Gasteiger partial charge >= 0.3 is 0 Å². The van der Waals surface area contributed by atoms with E-state index in [-0.39, 0.29) is 23.0 Å². The number of benzene rings is 2. The van der Waals surface area contributed by atoms with Crippen molar-refractivity contribution < 1.29 is 17.9 Å². The van der Waals surface area contributed by atoms with Crippen molar-refractivity contribution in [2.75, 3.05) is 12.4 Å². The summed E-state index contributed by atoms with van der Waals surface area (Å²) < 4.78 is 31.1. The number of sulfone groups is 1. The fraction of sp³-hybridized carbons (Fsp3) is 0.188. The lowest BCUT2D eigenvalue weighted by Crippen LogP contribution is -2.33. The molecule has 0 amide bonds. The van der Waals surface area contributed by atoms with E-state index >= 15 is 0 Å². The van der Waals surface area contributed by atoms with E-state index < -0.39 is 15.8 Å². The van der Waals surface area contributed by atoms with Gasteiger partial charge in [-0.2, -0.15) is 0 Å². The summed E-state index contributed by atoms with van der Waals surface area (Å²) in [6.45, 7) is 0.0829. The van der Waals surface area contributed by atoms with E-state index in [1.54, 1.807) is 36.4 Å². The Morgan fingerprint density at radius 3 is 2.59 bits per heavy atom. The summed E-state index contributed by atoms with van der Waals surface area (Å²) in [4.78, 5) is 12.7. The molecule has 1 aliphatic heterocycles. The third-order valence-corrected chi connectivity index (χ3v) is 5.87. The van der Waals surface area contributed by atoms with Crippen molar-refractivity contribution in [3.8, 4) is 5.75 Å². The van der Waals surface area contributed by atoms with E-state index in [9.17, 15) is 13.2 Å². The van der Waals surface area contributed by atoms with Crippen molar-refractivity contribution in [1.82, 2.24) is 0 Å². The van der Waals surface area contributed by atoms with E-state index in [0.29, 0.717) is 11.3 Å². The number of carbonyl (C=O) groups excluding carboxylic acids is 1. The molecule has 1 atom stereocenters. The highest BCUT2D eigenvalue weighted by atomic mass is 79.9. The molecule has 1 aliphatic rings. The van der Waals surface area contributed by atoms with Gasteiger partial charge in [-0.3, -0.25) is 4.79 Å². The van der Waals surface area contributed by atoms with Gasteiger partial charge in [0.05, 0.1) is 28.7 Å². The molecule has 6 heteroatoms. The number of ketones is 1. The van der Waals surface area contributed by atoms with Gasteiger partial charge in [-0.05, 0) is 30.3 Å². The molecular weight excluding hydrogens is 368 g/mol. The SMILES string of the molecule is O=C1c2cc(Br)ccc2OC[C@@H]1CS(=O)(=O)c1ccccc1. The highest BCUT2D eigenvalue weighted by Gasteiger charge is 2.33. The van der Waals surface area contributed by atoms with Crippen LogP contribution in [-0.4, -0.2) is 26.6 Å². The monoisotopic (exact) mass is 380 g/mol. The van der Waals surface area contributed by atoms with Crippen LogP contribution in [0, 0.1) is 5.92 Å². The third kappa shape index (κ3) is 2.94. The molecule has 4 nitrogen and oxygen atoms in total. The predicted molar refractivity (Wildman–Crippen MR) is 86.0 cm³/mol. The van der Waals surface area contributed by atoms with E-state index in [0.717, 1.165) is 4.47 Å². The topological polar surface area (TPSA) is 60.4 Å². The van der Waals surface area contributed by atoms with Crippen LogP contribution >= 0.6 is 15.9 Å². The van der Waals surface area contributed by atoms with Crippen LogP contribution in [0.4, 0.5) is 0 Å². The number of hydrogen-bond acceptors (Lipinski definition) is 4. The Balaban J connectivity index is 1.87. The lowest BCUT2D eigenvalue weighted by molar-refractivity contribution is 0.0851. The highest BCUT2D eigenvalue weighted by molar-refractivity contribution is 9.10. The molecular formula is C16H13BrO4S. The minimum absolute atomic E-state index is 0.0829. The van der Waals surface area contributed by atoms with E-state index in [1.807, 2.05) is 0 Å². The molecule has 0 bridgehead atoms. The third-order valence-electron chi connectivity index (χ3n) is 3.54. The number of fused-ring (bicyclic) bond motifs is 1. The standard InChI is InChI=1S/C16H13BrO4S/c17-12-6-7-15-14(8-12)16(18)11(9-21-15)10-22(19,20)13-4-2-1-3-5-13/h1-8,11H,9-10H2/t11-/m1/s1.